The van der Waals surface area contributed by atoms with Crippen molar-refractivity contribution in [2.75, 3.05) is 17.3 Å². The molecule has 0 bridgehead atoms. The highest BCUT2D eigenvalue weighted by Crippen LogP contribution is 2.27. The summed E-state index contributed by atoms with van der Waals surface area (Å²) in [6, 6.07) is 7.88. The van der Waals surface area contributed by atoms with Crippen molar-refractivity contribution < 1.29 is 13.2 Å². The molecule has 1 aliphatic rings. The summed E-state index contributed by atoms with van der Waals surface area (Å²) in [6.07, 6.45) is 2.39. The van der Waals surface area contributed by atoms with Gasteiger partial charge in [-0.3, -0.25) is 4.79 Å². The van der Waals surface area contributed by atoms with E-state index in [1.165, 1.54) is 11.8 Å². The lowest BCUT2D eigenvalue weighted by atomic mass is 10.1. The van der Waals surface area contributed by atoms with E-state index in [1.807, 2.05) is 36.9 Å². The number of sulfone groups is 1. The fourth-order valence-corrected chi connectivity index (χ4v) is 6.59. The normalized spacial score (nSPS) is 19.4. The zero-order valence-electron chi connectivity index (χ0n) is 18.4. The molecular formula is C22H33N3O3S2. The van der Waals surface area contributed by atoms with Crippen molar-refractivity contribution in [1.82, 2.24) is 14.5 Å². The highest BCUT2D eigenvalue weighted by molar-refractivity contribution is 7.99. The average molecular weight is 452 g/mol. The van der Waals surface area contributed by atoms with Crippen LogP contribution in [0.5, 0.6) is 0 Å². The molecule has 1 amide bonds. The van der Waals surface area contributed by atoms with Crippen LogP contribution in [-0.4, -0.2) is 58.1 Å². The van der Waals surface area contributed by atoms with Crippen LogP contribution in [0.2, 0.25) is 0 Å². The minimum absolute atomic E-state index is 0.00100. The van der Waals surface area contributed by atoms with Gasteiger partial charge in [0.15, 0.2) is 15.0 Å². The molecule has 1 saturated heterocycles. The number of nitrogens with zero attached hydrogens (tertiary/aromatic N) is 3. The lowest BCUT2D eigenvalue weighted by molar-refractivity contribution is -0.132. The second-order valence-electron chi connectivity index (χ2n) is 8.62. The second-order valence-corrected chi connectivity index (χ2v) is 11.8. The van der Waals surface area contributed by atoms with Crippen molar-refractivity contribution in [3.8, 4) is 0 Å². The number of rotatable bonds is 9. The van der Waals surface area contributed by atoms with Crippen LogP contribution in [0.1, 0.15) is 47.0 Å². The second kappa shape index (κ2) is 9.73. The number of imidazole rings is 1. The van der Waals surface area contributed by atoms with Gasteiger partial charge >= 0.3 is 0 Å². The smallest absolute Gasteiger partial charge is 0.233 e. The van der Waals surface area contributed by atoms with Crippen LogP contribution >= 0.6 is 11.8 Å². The number of benzene rings is 1. The molecule has 0 saturated carbocycles. The highest BCUT2D eigenvalue weighted by Gasteiger charge is 2.36. The largest absolute Gasteiger partial charge is 0.335 e. The Labute approximate surface area is 184 Å². The number of para-hydroxylation sites is 2. The van der Waals surface area contributed by atoms with Crippen molar-refractivity contribution >= 4 is 38.5 Å². The number of carbonyl (C=O) groups is 1. The molecule has 0 radical (unpaired) electrons. The Bertz CT molecular complexity index is 985. The zero-order valence-corrected chi connectivity index (χ0v) is 20.0. The molecule has 6 nitrogen and oxygen atoms in total. The maximum absolute atomic E-state index is 13.2. The molecule has 1 aromatic carbocycles. The van der Waals surface area contributed by atoms with Crippen LogP contribution in [0, 0.1) is 5.92 Å². The van der Waals surface area contributed by atoms with E-state index in [4.69, 9.17) is 4.98 Å². The van der Waals surface area contributed by atoms with E-state index in [-0.39, 0.29) is 35.2 Å². The first-order valence-corrected chi connectivity index (χ1v) is 13.6. The SMILES string of the molecule is CC[C@H](C)N(C(=O)CSc1nc2ccccc2n1CCC(C)C)[C@@H]1CCS(=O)(=O)C1. The minimum Gasteiger partial charge on any atom is -0.335 e. The topological polar surface area (TPSA) is 72.3 Å². The number of thioether (sulfide) groups is 1. The van der Waals surface area contributed by atoms with Gasteiger partial charge in [0.2, 0.25) is 5.91 Å². The predicted octanol–water partition coefficient (Wildman–Crippen LogP) is 3.99. The van der Waals surface area contributed by atoms with Crippen LogP contribution in [0.3, 0.4) is 0 Å². The summed E-state index contributed by atoms with van der Waals surface area (Å²) in [5.41, 5.74) is 2.03. The molecule has 0 N–H and O–H groups in total. The average Bonchev–Trinajstić information content (AvgIpc) is 3.23. The summed E-state index contributed by atoms with van der Waals surface area (Å²) in [5.74, 6) is 1.11. The number of amides is 1. The molecule has 2 atom stereocenters. The molecule has 166 valence electrons. The molecule has 0 aliphatic carbocycles. The Morgan fingerprint density at radius 2 is 2.03 bits per heavy atom. The van der Waals surface area contributed by atoms with E-state index < -0.39 is 9.84 Å². The van der Waals surface area contributed by atoms with Crippen molar-refractivity contribution in [3.63, 3.8) is 0 Å². The molecule has 0 spiro atoms. The third-order valence-electron chi connectivity index (χ3n) is 5.83. The Hall–Kier alpha value is -1.54. The summed E-state index contributed by atoms with van der Waals surface area (Å²) in [7, 11) is -3.04. The predicted molar refractivity (Wildman–Crippen MR) is 124 cm³/mol. The van der Waals surface area contributed by atoms with Crippen molar-refractivity contribution in [1.29, 1.82) is 0 Å². The van der Waals surface area contributed by atoms with E-state index in [9.17, 15) is 13.2 Å². The quantitative estimate of drug-likeness (QED) is 0.539. The van der Waals surface area contributed by atoms with Gasteiger partial charge < -0.3 is 9.47 Å². The molecule has 3 rings (SSSR count). The van der Waals surface area contributed by atoms with Gasteiger partial charge in [0.1, 0.15) is 0 Å². The summed E-state index contributed by atoms with van der Waals surface area (Å²) in [6.45, 7) is 9.31. The van der Waals surface area contributed by atoms with Crippen LogP contribution in [0.4, 0.5) is 0 Å². The van der Waals surface area contributed by atoms with Crippen LogP contribution < -0.4 is 0 Å². The van der Waals surface area contributed by atoms with Gasteiger partial charge in [-0.05, 0) is 44.2 Å². The number of hydrogen-bond acceptors (Lipinski definition) is 5. The Morgan fingerprint density at radius 3 is 2.67 bits per heavy atom. The Kier molecular flexibility index (Phi) is 7.50. The molecular weight excluding hydrogens is 418 g/mol. The standard InChI is InChI=1S/C22H33N3O3S2/c1-5-17(4)25(18-11-13-30(27,28)15-18)21(26)14-29-22-23-19-8-6-7-9-20(19)24(22)12-10-16(2)3/h6-9,16-18H,5,10-15H2,1-4H3/t17-,18+/m0/s1. The molecule has 8 heteroatoms. The molecule has 0 unspecified atom stereocenters. The highest BCUT2D eigenvalue weighted by atomic mass is 32.2. The maximum atomic E-state index is 13.2. The van der Waals surface area contributed by atoms with Crippen LogP contribution in [0.15, 0.2) is 29.4 Å². The van der Waals surface area contributed by atoms with E-state index in [0.29, 0.717) is 12.3 Å². The lowest BCUT2D eigenvalue weighted by Crippen LogP contribution is -2.47. The molecule has 2 heterocycles. The van der Waals surface area contributed by atoms with Gasteiger partial charge in [0, 0.05) is 18.6 Å². The monoisotopic (exact) mass is 451 g/mol. The van der Waals surface area contributed by atoms with Gasteiger partial charge in [0.05, 0.1) is 28.3 Å². The van der Waals surface area contributed by atoms with Gasteiger partial charge in [0.25, 0.3) is 0 Å². The van der Waals surface area contributed by atoms with Gasteiger partial charge in [-0.1, -0.05) is 44.7 Å². The number of aryl methyl sites for hydroxylation is 1. The molecule has 1 aliphatic heterocycles. The molecule has 2 aromatic rings. The third-order valence-corrected chi connectivity index (χ3v) is 8.54. The zero-order chi connectivity index (χ0) is 21.9. The molecule has 1 fully saturated rings. The number of hydrogen-bond donors (Lipinski definition) is 0. The van der Waals surface area contributed by atoms with Crippen molar-refractivity contribution in [2.24, 2.45) is 5.92 Å². The Balaban J connectivity index is 1.78. The number of aromatic nitrogens is 2. The van der Waals surface area contributed by atoms with Gasteiger partial charge in [-0.15, -0.1) is 0 Å². The first-order valence-electron chi connectivity index (χ1n) is 10.8. The van der Waals surface area contributed by atoms with Gasteiger partial charge in [-0.2, -0.15) is 0 Å². The maximum Gasteiger partial charge on any atom is 0.233 e. The summed E-state index contributed by atoms with van der Waals surface area (Å²) < 4.78 is 26.2. The van der Waals surface area contributed by atoms with Gasteiger partial charge in [-0.25, -0.2) is 13.4 Å². The first kappa shape index (κ1) is 23.1. The first-order chi connectivity index (χ1) is 14.2. The number of fused-ring (bicyclic) bond motifs is 1. The summed E-state index contributed by atoms with van der Waals surface area (Å²) in [5, 5.41) is 0.855. The van der Waals surface area contributed by atoms with Crippen molar-refractivity contribution in [3.05, 3.63) is 24.3 Å². The number of carbonyl (C=O) groups excluding carboxylic acids is 1. The molecule has 30 heavy (non-hydrogen) atoms. The van der Waals surface area contributed by atoms with Crippen molar-refractivity contribution in [2.45, 2.75) is 70.7 Å². The lowest BCUT2D eigenvalue weighted by Gasteiger charge is -2.33. The molecule has 1 aromatic heterocycles. The van der Waals surface area contributed by atoms with E-state index in [0.717, 1.165) is 35.6 Å². The van der Waals surface area contributed by atoms with E-state index >= 15 is 0 Å². The third kappa shape index (κ3) is 5.38. The fourth-order valence-electron chi connectivity index (χ4n) is 3.97. The van der Waals surface area contributed by atoms with Crippen LogP contribution in [-0.2, 0) is 21.2 Å². The van der Waals surface area contributed by atoms with E-state index in [1.54, 1.807) is 0 Å². The fraction of sp³-hybridized carbons (Fsp3) is 0.636. The summed E-state index contributed by atoms with van der Waals surface area (Å²) >= 11 is 1.46. The minimum atomic E-state index is -3.04. The van der Waals surface area contributed by atoms with Crippen LogP contribution in [0.25, 0.3) is 11.0 Å². The summed E-state index contributed by atoms with van der Waals surface area (Å²) in [4.78, 5) is 19.8. The Morgan fingerprint density at radius 1 is 1.30 bits per heavy atom. The van der Waals surface area contributed by atoms with E-state index in [2.05, 4.69) is 24.5 Å².